The van der Waals surface area contributed by atoms with E-state index in [1.165, 1.54) is 32.1 Å². The van der Waals surface area contributed by atoms with Crippen LogP contribution < -0.4 is 5.73 Å². The maximum Gasteiger partial charge on any atom is 0.230 e. The summed E-state index contributed by atoms with van der Waals surface area (Å²) >= 11 is 0. The van der Waals surface area contributed by atoms with E-state index < -0.39 is 0 Å². The highest BCUT2D eigenvalue weighted by molar-refractivity contribution is 5.00. The van der Waals surface area contributed by atoms with E-state index in [0.29, 0.717) is 18.4 Å². The molecule has 3 atom stereocenters. The van der Waals surface area contributed by atoms with Crippen molar-refractivity contribution in [3.05, 3.63) is 11.7 Å². The summed E-state index contributed by atoms with van der Waals surface area (Å²) in [6, 6.07) is 0. The molecule has 0 spiro atoms. The van der Waals surface area contributed by atoms with Crippen molar-refractivity contribution in [2.24, 2.45) is 11.7 Å². The van der Waals surface area contributed by atoms with Gasteiger partial charge in [-0.15, -0.1) is 0 Å². The molecule has 1 fully saturated rings. The summed E-state index contributed by atoms with van der Waals surface area (Å²) in [5, 5.41) is 4.14. The minimum atomic E-state index is 0.168. The Morgan fingerprint density at radius 2 is 2.29 bits per heavy atom. The Morgan fingerprint density at radius 1 is 1.47 bits per heavy atom. The maximum absolute atomic E-state index is 5.61. The molecule has 0 bridgehead atoms. The average molecular weight is 237 g/mol. The van der Waals surface area contributed by atoms with Gasteiger partial charge in [0, 0.05) is 18.4 Å². The third-order valence-corrected chi connectivity index (χ3v) is 3.96. The van der Waals surface area contributed by atoms with E-state index >= 15 is 0 Å². The van der Waals surface area contributed by atoms with Gasteiger partial charge in [-0.1, -0.05) is 38.3 Å². The Morgan fingerprint density at radius 3 is 3.00 bits per heavy atom. The number of aromatic nitrogens is 2. The molecule has 2 rings (SSSR count). The molecule has 4 heteroatoms. The second kappa shape index (κ2) is 5.63. The second-order valence-corrected chi connectivity index (χ2v) is 5.27. The predicted octanol–water partition coefficient (Wildman–Crippen LogP) is 2.82. The first-order valence-corrected chi connectivity index (χ1v) is 6.78. The van der Waals surface area contributed by atoms with Crippen LogP contribution >= 0.6 is 0 Å². The van der Waals surface area contributed by atoms with Gasteiger partial charge in [0.05, 0.1) is 0 Å². The number of rotatable bonds is 4. The molecule has 1 aliphatic carbocycles. The van der Waals surface area contributed by atoms with E-state index in [2.05, 4.69) is 17.1 Å². The minimum Gasteiger partial charge on any atom is -0.339 e. The van der Waals surface area contributed by atoms with Gasteiger partial charge in [-0.05, 0) is 18.8 Å². The zero-order valence-corrected chi connectivity index (χ0v) is 10.9. The topological polar surface area (TPSA) is 64.9 Å². The molecular formula is C13H23N3O. The lowest BCUT2D eigenvalue weighted by molar-refractivity contribution is 0.297. The number of hydrogen-bond donors (Lipinski definition) is 1. The molecule has 3 unspecified atom stereocenters. The lowest BCUT2D eigenvalue weighted by atomic mass is 9.80. The first-order valence-electron chi connectivity index (χ1n) is 6.78. The lowest BCUT2D eigenvalue weighted by Crippen LogP contribution is -2.15. The summed E-state index contributed by atoms with van der Waals surface area (Å²) in [6.07, 6.45) is 6.33. The van der Waals surface area contributed by atoms with Crippen LogP contribution in [0.2, 0.25) is 0 Å². The molecule has 1 aromatic heterocycles. The van der Waals surface area contributed by atoms with Crippen LogP contribution in [0.5, 0.6) is 0 Å². The zero-order chi connectivity index (χ0) is 12.3. The van der Waals surface area contributed by atoms with Crippen LogP contribution in [-0.2, 0) is 0 Å². The molecule has 1 heterocycles. The maximum atomic E-state index is 5.61. The molecule has 0 amide bonds. The third-order valence-electron chi connectivity index (χ3n) is 3.96. The van der Waals surface area contributed by atoms with Crippen LogP contribution in [0.15, 0.2) is 4.52 Å². The minimum absolute atomic E-state index is 0.168. The highest BCUT2D eigenvalue weighted by atomic mass is 16.5. The van der Waals surface area contributed by atoms with E-state index in [9.17, 15) is 0 Å². The van der Waals surface area contributed by atoms with Gasteiger partial charge in [0.25, 0.3) is 0 Å². The fourth-order valence-corrected chi connectivity index (χ4v) is 2.61. The Balaban J connectivity index is 2.04. The number of nitrogens with two attached hydrogens (primary N) is 1. The van der Waals surface area contributed by atoms with Gasteiger partial charge in [-0.25, -0.2) is 0 Å². The zero-order valence-electron chi connectivity index (χ0n) is 10.9. The highest BCUT2D eigenvalue weighted by Crippen LogP contribution is 2.36. The van der Waals surface area contributed by atoms with E-state index in [1.54, 1.807) is 0 Å². The Bertz CT molecular complexity index is 350. The van der Waals surface area contributed by atoms with E-state index in [4.69, 9.17) is 10.3 Å². The van der Waals surface area contributed by atoms with E-state index in [-0.39, 0.29) is 5.92 Å². The summed E-state index contributed by atoms with van der Waals surface area (Å²) in [5.41, 5.74) is 5.61. The van der Waals surface area contributed by atoms with Crippen molar-refractivity contribution in [1.29, 1.82) is 0 Å². The second-order valence-electron chi connectivity index (χ2n) is 5.27. The molecule has 0 saturated heterocycles. The highest BCUT2D eigenvalue weighted by Gasteiger charge is 2.26. The Hall–Kier alpha value is -0.900. The molecule has 1 aromatic rings. The van der Waals surface area contributed by atoms with Gasteiger partial charge in [0.2, 0.25) is 5.89 Å². The smallest absolute Gasteiger partial charge is 0.230 e. The van der Waals surface area contributed by atoms with Crippen molar-refractivity contribution in [2.45, 2.75) is 57.8 Å². The van der Waals surface area contributed by atoms with Gasteiger partial charge in [-0.2, -0.15) is 4.98 Å². The lowest BCUT2D eigenvalue weighted by Gasteiger charge is -2.26. The first-order chi connectivity index (χ1) is 8.24. The summed E-state index contributed by atoms with van der Waals surface area (Å²) in [6.45, 7) is 4.85. The van der Waals surface area contributed by atoms with Gasteiger partial charge in [0.1, 0.15) is 0 Å². The van der Waals surface area contributed by atoms with E-state index in [0.717, 1.165) is 11.7 Å². The van der Waals surface area contributed by atoms with Crippen LogP contribution in [0.3, 0.4) is 0 Å². The number of hydrogen-bond acceptors (Lipinski definition) is 4. The van der Waals surface area contributed by atoms with Crippen molar-refractivity contribution >= 4 is 0 Å². The predicted molar refractivity (Wildman–Crippen MR) is 66.8 cm³/mol. The van der Waals surface area contributed by atoms with Crippen LogP contribution in [0, 0.1) is 5.92 Å². The summed E-state index contributed by atoms with van der Waals surface area (Å²) in [7, 11) is 0. The summed E-state index contributed by atoms with van der Waals surface area (Å²) in [4.78, 5) is 4.52. The van der Waals surface area contributed by atoms with Crippen molar-refractivity contribution in [3.63, 3.8) is 0 Å². The molecule has 4 nitrogen and oxygen atoms in total. The molecule has 0 aromatic carbocycles. The standard InChI is InChI=1S/C13H23N3O/c1-3-10-5-4-6-11(7-10)12-15-13(17-16-12)9(2)8-14/h9-11H,3-8,14H2,1-2H3. The average Bonchev–Trinajstić information content (AvgIpc) is 2.87. The molecule has 0 aliphatic heterocycles. The fraction of sp³-hybridized carbons (Fsp3) is 0.846. The monoisotopic (exact) mass is 237 g/mol. The van der Waals surface area contributed by atoms with Crippen molar-refractivity contribution < 1.29 is 4.52 Å². The van der Waals surface area contributed by atoms with Gasteiger partial charge >= 0.3 is 0 Å². The van der Waals surface area contributed by atoms with E-state index in [1.807, 2.05) is 6.92 Å². The van der Waals surface area contributed by atoms with Crippen molar-refractivity contribution in [2.75, 3.05) is 6.54 Å². The molecule has 1 aliphatic rings. The Kier molecular flexibility index (Phi) is 4.15. The fourth-order valence-electron chi connectivity index (χ4n) is 2.61. The van der Waals surface area contributed by atoms with Gasteiger partial charge in [0.15, 0.2) is 5.82 Å². The number of nitrogens with zero attached hydrogens (tertiary/aromatic N) is 2. The van der Waals surface area contributed by atoms with Crippen LogP contribution in [0.1, 0.15) is 69.5 Å². The molecule has 2 N–H and O–H groups in total. The molecule has 96 valence electrons. The van der Waals surface area contributed by atoms with Crippen LogP contribution in [0.4, 0.5) is 0 Å². The van der Waals surface area contributed by atoms with Crippen LogP contribution in [0.25, 0.3) is 0 Å². The molecular weight excluding hydrogens is 214 g/mol. The van der Waals surface area contributed by atoms with Crippen molar-refractivity contribution in [3.8, 4) is 0 Å². The molecule has 17 heavy (non-hydrogen) atoms. The van der Waals surface area contributed by atoms with Gasteiger partial charge in [-0.3, -0.25) is 0 Å². The normalized spacial score (nSPS) is 27.0. The Labute approximate surface area is 103 Å². The SMILES string of the molecule is CCC1CCCC(c2noc(C(C)CN)n2)C1. The summed E-state index contributed by atoms with van der Waals surface area (Å²) in [5.74, 6) is 3.10. The van der Waals surface area contributed by atoms with Gasteiger partial charge < -0.3 is 10.3 Å². The molecule has 0 radical (unpaired) electrons. The van der Waals surface area contributed by atoms with Crippen molar-refractivity contribution in [1.82, 2.24) is 10.1 Å². The first kappa shape index (κ1) is 12.6. The summed E-state index contributed by atoms with van der Waals surface area (Å²) < 4.78 is 5.30. The van der Waals surface area contributed by atoms with Crippen LogP contribution in [-0.4, -0.2) is 16.7 Å². The quantitative estimate of drug-likeness (QED) is 0.874. The third kappa shape index (κ3) is 2.86. The largest absolute Gasteiger partial charge is 0.339 e. The molecule has 1 saturated carbocycles.